The molecule has 0 radical (unpaired) electrons. The summed E-state index contributed by atoms with van der Waals surface area (Å²) < 4.78 is 11.6. The van der Waals surface area contributed by atoms with Gasteiger partial charge in [-0.2, -0.15) is 0 Å². The number of benzene rings is 1. The molecule has 7 nitrogen and oxygen atoms in total. The maximum absolute atomic E-state index is 13.1. The largest absolute Gasteiger partial charge is 0.507 e. The molecule has 1 aromatic carbocycles. The Hall–Kier alpha value is -3.06. The van der Waals surface area contributed by atoms with Gasteiger partial charge in [0.05, 0.1) is 11.7 Å². The van der Waals surface area contributed by atoms with Crippen LogP contribution in [-0.2, 0) is 9.59 Å². The molecule has 1 amide bonds. The number of Topliss-reactive ketones (excluding diaryl/α,β-unsaturated/α-hetero) is 1. The third-order valence-corrected chi connectivity index (χ3v) is 5.93. The van der Waals surface area contributed by atoms with Crippen molar-refractivity contribution in [3.63, 3.8) is 0 Å². The molecule has 0 aliphatic carbocycles. The lowest BCUT2D eigenvalue weighted by Gasteiger charge is -2.26. The minimum atomic E-state index is -0.777. The van der Waals surface area contributed by atoms with Crippen molar-refractivity contribution < 1.29 is 23.8 Å². The molecule has 1 aliphatic heterocycles. The number of amides is 1. The van der Waals surface area contributed by atoms with Crippen LogP contribution >= 0.6 is 0 Å². The molecule has 0 bridgehead atoms. The number of ketones is 1. The number of aliphatic hydroxyl groups is 1. The Morgan fingerprint density at radius 1 is 1.15 bits per heavy atom. The summed E-state index contributed by atoms with van der Waals surface area (Å²) in [5.74, 6) is 0.302. The Bertz CT molecular complexity index is 1050. The van der Waals surface area contributed by atoms with Gasteiger partial charge in [-0.25, -0.2) is 0 Å². The molecular formula is C26H34N2O5. The first-order valence-electron chi connectivity index (χ1n) is 11.5. The second-order valence-corrected chi connectivity index (χ2v) is 8.61. The number of aryl methyl sites for hydroxylation is 2. The quantitative estimate of drug-likeness (QED) is 0.342. The number of hydrogen-bond acceptors (Lipinski definition) is 6. The zero-order chi connectivity index (χ0) is 24.3. The first-order valence-corrected chi connectivity index (χ1v) is 11.5. The molecule has 3 rings (SSSR count). The molecule has 1 saturated heterocycles. The minimum Gasteiger partial charge on any atom is -0.507 e. The summed E-state index contributed by atoms with van der Waals surface area (Å²) in [6.07, 6.45) is 0.0153. The van der Waals surface area contributed by atoms with E-state index in [-0.39, 0.29) is 17.4 Å². The molecule has 178 valence electrons. The number of rotatable bonds is 9. The number of aliphatic hydroxyl groups excluding tert-OH is 1. The SMILES string of the molecule is CCN(CC)CCN1C(=O)C(=O)/C(=C(\O)c2ccc(OC(C)C)c(C)c2)C1c1ccc(C)o1. The van der Waals surface area contributed by atoms with E-state index in [1.54, 1.807) is 30.3 Å². The van der Waals surface area contributed by atoms with E-state index in [1.165, 1.54) is 4.90 Å². The van der Waals surface area contributed by atoms with Gasteiger partial charge in [-0.3, -0.25) is 9.59 Å². The molecule has 33 heavy (non-hydrogen) atoms. The fourth-order valence-electron chi connectivity index (χ4n) is 4.13. The van der Waals surface area contributed by atoms with E-state index in [2.05, 4.69) is 18.7 Å². The van der Waals surface area contributed by atoms with E-state index >= 15 is 0 Å². The fraction of sp³-hybridized carbons (Fsp3) is 0.462. The predicted molar refractivity (Wildman–Crippen MR) is 127 cm³/mol. The lowest BCUT2D eigenvalue weighted by atomic mass is 9.98. The van der Waals surface area contributed by atoms with Crippen molar-refractivity contribution in [3.8, 4) is 5.75 Å². The summed E-state index contributed by atoms with van der Waals surface area (Å²) in [5.41, 5.74) is 1.33. The molecule has 2 aromatic rings. The molecule has 2 heterocycles. The van der Waals surface area contributed by atoms with E-state index in [4.69, 9.17) is 9.15 Å². The summed E-state index contributed by atoms with van der Waals surface area (Å²) in [7, 11) is 0. The van der Waals surface area contributed by atoms with Gasteiger partial charge in [-0.1, -0.05) is 13.8 Å². The molecule has 1 aliphatic rings. The molecule has 1 N–H and O–H groups in total. The Labute approximate surface area is 195 Å². The van der Waals surface area contributed by atoms with Crippen LogP contribution < -0.4 is 4.74 Å². The van der Waals surface area contributed by atoms with E-state index in [0.29, 0.717) is 35.9 Å². The second kappa shape index (κ2) is 10.3. The van der Waals surface area contributed by atoms with E-state index in [9.17, 15) is 14.7 Å². The van der Waals surface area contributed by atoms with Gasteiger partial charge in [0.2, 0.25) is 0 Å². The number of nitrogens with zero attached hydrogens (tertiary/aromatic N) is 2. The van der Waals surface area contributed by atoms with Gasteiger partial charge in [-0.05, 0) is 76.7 Å². The fourth-order valence-corrected chi connectivity index (χ4v) is 4.13. The van der Waals surface area contributed by atoms with E-state index in [0.717, 1.165) is 18.7 Å². The molecular weight excluding hydrogens is 420 g/mol. The van der Waals surface area contributed by atoms with Crippen LogP contribution in [0.15, 0.2) is 40.3 Å². The average Bonchev–Trinajstić information content (AvgIpc) is 3.31. The summed E-state index contributed by atoms with van der Waals surface area (Å²) >= 11 is 0. The van der Waals surface area contributed by atoms with Crippen LogP contribution in [0.5, 0.6) is 5.75 Å². The molecule has 1 unspecified atom stereocenters. The van der Waals surface area contributed by atoms with Crippen molar-refractivity contribution in [3.05, 3.63) is 58.6 Å². The first-order chi connectivity index (χ1) is 15.7. The maximum atomic E-state index is 13.1. The normalized spacial score (nSPS) is 18.1. The summed E-state index contributed by atoms with van der Waals surface area (Å²) in [5, 5.41) is 11.2. The van der Waals surface area contributed by atoms with Crippen LogP contribution in [0.1, 0.15) is 56.4 Å². The zero-order valence-electron chi connectivity index (χ0n) is 20.3. The van der Waals surface area contributed by atoms with Crippen molar-refractivity contribution in [2.24, 2.45) is 0 Å². The Morgan fingerprint density at radius 2 is 1.85 bits per heavy atom. The van der Waals surface area contributed by atoms with Crippen LogP contribution in [0.25, 0.3) is 5.76 Å². The molecule has 1 aromatic heterocycles. The highest BCUT2D eigenvalue weighted by molar-refractivity contribution is 6.46. The van der Waals surface area contributed by atoms with Crippen LogP contribution in [0, 0.1) is 13.8 Å². The summed E-state index contributed by atoms with van der Waals surface area (Å²) in [4.78, 5) is 29.8. The lowest BCUT2D eigenvalue weighted by Crippen LogP contribution is -2.37. The van der Waals surface area contributed by atoms with E-state index < -0.39 is 17.7 Å². The number of likely N-dealkylation sites (N-methyl/N-ethyl adjacent to an activating group) is 1. The topological polar surface area (TPSA) is 83.2 Å². The standard InChI is InChI=1S/C26H34N2O5/c1-7-27(8-2)13-14-28-23(21-11-9-18(6)33-21)22(25(30)26(28)31)24(29)19-10-12-20(17(5)15-19)32-16(3)4/h9-12,15-16,23,29H,7-8,13-14H2,1-6H3/b24-22-. The number of likely N-dealkylation sites (tertiary alicyclic amines) is 1. The van der Waals surface area contributed by atoms with Gasteiger partial charge < -0.3 is 24.1 Å². The summed E-state index contributed by atoms with van der Waals surface area (Å²) in [6, 6.07) is 8.01. The van der Waals surface area contributed by atoms with Gasteiger partial charge >= 0.3 is 0 Å². The Balaban J connectivity index is 2.05. The van der Waals surface area contributed by atoms with Crippen molar-refractivity contribution >= 4 is 17.4 Å². The van der Waals surface area contributed by atoms with Gasteiger partial charge in [0.25, 0.3) is 11.7 Å². The monoisotopic (exact) mass is 454 g/mol. The lowest BCUT2D eigenvalue weighted by molar-refractivity contribution is -0.140. The minimum absolute atomic E-state index is 0.0153. The molecule has 0 saturated carbocycles. The Kier molecular flexibility index (Phi) is 7.64. The highest BCUT2D eigenvalue weighted by Gasteiger charge is 2.47. The summed E-state index contributed by atoms with van der Waals surface area (Å²) in [6.45, 7) is 14.3. The highest BCUT2D eigenvalue weighted by Crippen LogP contribution is 2.40. The third kappa shape index (κ3) is 5.14. The maximum Gasteiger partial charge on any atom is 0.295 e. The van der Waals surface area contributed by atoms with Crippen LogP contribution in [0.4, 0.5) is 0 Å². The first kappa shape index (κ1) is 24.6. The molecule has 0 spiro atoms. The second-order valence-electron chi connectivity index (χ2n) is 8.61. The number of hydrogen-bond donors (Lipinski definition) is 1. The van der Waals surface area contributed by atoms with Crippen LogP contribution in [0.3, 0.4) is 0 Å². The number of furan rings is 1. The third-order valence-electron chi connectivity index (χ3n) is 5.93. The highest BCUT2D eigenvalue weighted by atomic mass is 16.5. The van der Waals surface area contributed by atoms with Crippen molar-refractivity contribution in [2.45, 2.75) is 53.7 Å². The van der Waals surface area contributed by atoms with Gasteiger partial charge in [0.1, 0.15) is 29.1 Å². The van der Waals surface area contributed by atoms with Crippen LogP contribution in [0.2, 0.25) is 0 Å². The average molecular weight is 455 g/mol. The van der Waals surface area contributed by atoms with Crippen molar-refractivity contribution in [1.82, 2.24) is 9.80 Å². The van der Waals surface area contributed by atoms with Gasteiger partial charge in [0, 0.05) is 18.7 Å². The van der Waals surface area contributed by atoms with Gasteiger partial charge in [0.15, 0.2) is 0 Å². The molecule has 1 fully saturated rings. The van der Waals surface area contributed by atoms with Crippen LogP contribution in [-0.4, -0.2) is 58.9 Å². The number of carbonyl (C=O) groups is 2. The van der Waals surface area contributed by atoms with Gasteiger partial charge in [-0.15, -0.1) is 0 Å². The zero-order valence-corrected chi connectivity index (χ0v) is 20.3. The van der Waals surface area contributed by atoms with Crippen molar-refractivity contribution in [1.29, 1.82) is 0 Å². The van der Waals surface area contributed by atoms with E-state index in [1.807, 2.05) is 27.7 Å². The predicted octanol–water partition coefficient (Wildman–Crippen LogP) is 4.45. The Morgan fingerprint density at radius 3 is 2.39 bits per heavy atom. The molecule has 1 atom stereocenters. The smallest absolute Gasteiger partial charge is 0.295 e. The van der Waals surface area contributed by atoms with Crippen molar-refractivity contribution in [2.75, 3.05) is 26.2 Å². The number of carbonyl (C=O) groups excluding carboxylic acids is 2. The molecule has 7 heteroatoms. The number of ether oxygens (including phenoxy) is 1.